The molecular formula is C19H22N2O3. The van der Waals surface area contributed by atoms with E-state index >= 15 is 0 Å². The van der Waals surface area contributed by atoms with Crippen molar-refractivity contribution < 1.29 is 14.9 Å². The van der Waals surface area contributed by atoms with E-state index < -0.39 is 12.2 Å². The van der Waals surface area contributed by atoms with E-state index in [1.54, 1.807) is 6.92 Å². The minimum Gasteiger partial charge on any atom is -0.491 e. The van der Waals surface area contributed by atoms with Gasteiger partial charge in [0.25, 0.3) is 0 Å². The molecule has 0 saturated heterocycles. The first kappa shape index (κ1) is 16.5. The monoisotopic (exact) mass is 326 g/mol. The summed E-state index contributed by atoms with van der Waals surface area (Å²) >= 11 is 0. The van der Waals surface area contributed by atoms with Crippen LogP contribution >= 0.6 is 0 Å². The van der Waals surface area contributed by atoms with Gasteiger partial charge in [-0.2, -0.15) is 0 Å². The van der Waals surface area contributed by atoms with E-state index in [-0.39, 0.29) is 6.61 Å². The zero-order valence-corrected chi connectivity index (χ0v) is 13.9. The number of ether oxygens (including phenoxy) is 1. The molecule has 2 aromatic carbocycles. The predicted molar refractivity (Wildman–Crippen MR) is 93.0 cm³/mol. The second-order valence-electron chi connectivity index (χ2n) is 5.98. The van der Waals surface area contributed by atoms with Crippen LogP contribution in [-0.4, -0.2) is 32.5 Å². The van der Waals surface area contributed by atoms with Crippen LogP contribution in [0.4, 0.5) is 0 Å². The number of imidazole rings is 1. The van der Waals surface area contributed by atoms with Gasteiger partial charge in [-0.1, -0.05) is 30.3 Å². The third kappa shape index (κ3) is 3.42. The molecule has 0 saturated carbocycles. The molecule has 0 aliphatic carbocycles. The van der Waals surface area contributed by atoms with Crippen molar-refractivity contribution in [1.82, 2.24) is 9.55 Å². The first-order chi connectivity index (χ1) is 11.6. The molecule has 1 heterocycles. The summed E-state index contributed by atoms with van der Waals surface area (Å²) < 4.78 is 7.57. The molecule has 5 heteroatoms. The van der Waals surface area contributed by atoms with Crippen LogP contribution in [0, 0.1) is 6.92 Å². The molecule has 1 aromatic heterocycles. The van der Waals surface area contributed by atoms with Gasteiger partial charge in [0.05, 0.1) is 17.6 Å². The highest BCUT2D eigenvalue weighted by Gasteiger charge is 2.17. The third-order valence-corrected chi connectivity index (χ3v) is 3.98. The number of hydrogen-bond donors (Lipinski definition) is 2. The van der Waals surface area contributed by atoms with Crippen LogP contribution in [0.25, 0.3) is 11.0 Å². The fourth-order valence-electron chi connectivity index (χ4n) is 2.77. The molecule has 0 fully saturated rings. The molecule has 0 unspecified atom stereocenters. The molecule has 5 nitrogen and oxygen atoms in total. The average Bonchev–Trinajstić information content (AvgIpc) is 2.93. The lowest BCUT2D eigenvalue weighted by Crippen LogP contribution is -2.25. The molecule has 0 aliphatic rings. The average molecular weight is 326 g/mol. The van der Waals surface area contributed by atoms with Crippen LogP contribution in [-0.2, 0) is 6.54 Å². The van der Waals surface area contributed by atoms with Crippen molar-refractivity contribution in [3.8, 4) is 5.75 Å². The van der Waals surface area contributed by atoms with Gasteiger partial charge < -0.3 is 19.5 Å². The lowest BCUT2D eigenvalue weighted by atomic mass is 10.2. The first-order valence-electron chi connectivity index (χ1n) is 8.06. The summed E-state index contributed by atoms with van der Waals surface area (Å²) in [5, 5.41) is 20.4. The van der Waals surface area contributed by atoms with Gasteiger partial charge in [0, 0.05) is 0 Å². The zero-order chi connectivity index (χ0) is 17.1. The van der Waals surface area contributed by atoms with Crippen LogP contribution in [0.1, 0.15) is 24.4 Å². The molecular weight excluding hydrogens is 304 g/mol. The number of aliphatic hydroxyl groups excluding tert-OH is 2. The Morgan fingerprint density at radius 2 is 1.79 bits per heavy atom. The number of hydrogen-bond acceptors (Lipinski definition) is 4. The fourth-order valence-corrected chi connectivity index (χ4v) is 2.77. The van der Waals surface area contributed by atoms with E-state index in [1.807, 2.05) is 60.0 Å². The summed E-state index contributed by atoms with van der Waals surface area (Å²) in [7, 11) is 0. The number of nitrogens with zero attached hydrogens (tertiary/aromatic N) is 2. The Bertz CT molecular complexity index is 826. The van der Waals surface area contributed by atoms with Crippen LogP contribution in [0.15, 0.2) is 48.5 Å². The maximum atomic E-state index is 10.4. The highest BCUT2D eigenvalue weighted by molar-refractivity contribution is 5.76. The summed E-state index contributed by atoms with van der Waals surface area (Å²) in [4.78, 5) is 4.46. The Kier molecular flexibility index (Phi) is 4.83. The van der Waals surface area contributed by atoms with E-state index in [0.717, 1.165) is 22.3 Å². The highest BCUT2D eigenvalue weighted by atomic mass is 16.5. The topological polar surface area (TPSA) is 67.5 Å². The number of fused-ring (bicyclic) bond motifs is 1. The van der Waals surface area contributed by atoms with Gasteiger partial charge in [0.2, 0.25) is 0 Å². The number of aryl methyl sites for hydroxylation is 1. The molecule has 3 rings (SSSR count). The quantitative estimate of drug-likeness (QED) is 0.731. The van der Waals surface area contributed by atoms with Crippen molar-refractivity contribution in [2.75, 3.05) is 6.61 Å². The Morgan fingerprint density at radius 1 is 1.08 bits per heavy atom. The molecule has 126 valence electrons. The largest absolute Gasteiger partial charge is 0.491 e. The predicted octanol–water partition coefficient (Wildman–Crippen LogP) is 2.84. The Labute approximate surface area is 141 Å². The maximum absolute atomic E-state index is 10.4. The standard InChI is InChI=1S/C19H22N2O3/c1-13-7-3-6-10-18(13)24-12-15(23)11-21-17-9-5-4-8-16(17)20-19(21)14(2)22/h3-10,14-15,22-23H,11-12H2,1-2H3/t14-,15+/m0/s1. The minimum atomic E-state index is -0.709. The molecule has 2 atom stereocenters. The van der Waals surface area contributed by atoms with Crippen molar-refractivity contribution in [2.45, 2.75) is 32.6 Å². The van der Waals surface area contributed by atoms with Crippen molar-refractivity contribution in [2.24, 2.45) is 0 Å². The normalized spacial score (nSPS) is 13.8. The number of rotatable bonds is 6. The molecule has 0 aliphatic heterocycles. The van der Waals surface area contributed by atoms with Gasteiger partial charge in [-0.05, 0) is 37.6 Å². The van der Waals surface area contributed by atoms with E-state index in [2.05, 4.69) is 4.98 Å². The molecule has 0 amide bonds. The fraction of sp³-hybridized carbons (Fsp3) is 0.316. The molecule has 0 spiro atoms. The number of aromatic nitrogens is 2. The Balaban J connectivity index is 1.76. The van der Waals surface area contributed by atoms with E-state index in [4.69, 9.17) is 4.74 Å². The second kappa shape index (κ2) is 7.03. The van der Waals surface area contributed by atoms with E-state index in [1.165, 1.54) is 0 Å². The molecule has 0 bridgehead atoms. The van der Waals surface area contributed by atoms with Crippen molar-refractivity contribution in [1.29, 1.82) is 0 Å². The summed E-state index contributed by atoms with van der Waals surface area (Å²) in [6.07, 6.45) is -1.42. The van der Waals surface area contributed by atoms with Gasteiger partial charge in [-0.3, -0.25) is 0 Å². The van der Waals surface area contributed by atoms with Crippen molar-refractivity contribution in [3.63, 3.8) is 0 Å². The molecule has 0 radical (unpaired) electrons. The summed E-state index contributed by atoms with van der Waals surface area (Å²) in [5.41, 5.74) is 2.73. The minimum absolute atomic E-state index is 0.177. The van der Waals surface area contributed by atoms with Crippen LogP contribution in [0.2, 0.25) is 0 Å². The summed E-state index contributed by atoms with van der Waals surface area (Å²) in [6.45, 7) is 4.13. The smallest absolute Gasteiger partial charge is 0.138 e. The number of benzene rings is 2. The molecule has 24 heavy (non-hydrogen) atoms. The van der Waals surface area contributed by atoms with Crippen LogP contribution in [0.3, 0.4) is 0 Å². The second-order valence-corrected chi connectivity index (χ2v) is 5.98. The first-order valence-corrected chi connectivity index (χ1v) is 8.06. The number of aliphatic hydroxyl groups is 2. The summed E-state index contributed by atoms with van der Waals surface area (Å²) in [6, 6.07) is 15.4. The SMILES string of the molecule is Cc1ccccc1OC[C@H](O)Cn1c([C@H](C)O)nc2ccccc21. The van der Waals surface area contributed by atoms with Crippen LogP contribution in [0.5, 0.6) is 5.75 Å². The Hall–Kier alpha value is -2.37. The van der Waals surface area contributed by atoms with Gasteiger partial charge >= 0.3 is 0 Å². The van der Waals surface area contributed by atoms with Crippen LogP contribution < -0.4 is 4.74 Å². The Morgan fingerprint density at radius 3 is 2.54 bits per heavy atom. The third-order valence-electron chi connectivity index (χ3n) is 3.98. The zero-order valence-electron chi connectivity index (χ0n) is 13.9. The molecule has 3 aromatic rings. The van der Waals surface area contributed by atoms with Gasteiger partial charge in [0.1, 0.15) is 30.4 Å². The van der Waals surface area contributed by atoms with Gasteiger partial charge in [-0.25, -0.2) is 4.98 Å². The van der Waals surface area contributed by atoms with Crippen molar-refractivity contribution in [3.05, 3.63) is 59.9 Å². The van der Waals surface area contributed by atoms with Gasteiger partial charge in [0.15, 0.2) is 0 Å². The lowest BCUT2D eigenvalue weighted by Gasteiger charge is -2.17. The maximum Gasteiger partial charge on any atom is 0.138 e. The molecule has 2 N–H and O–H groups in total. The summed E-state index contributed by atoms with van der Waals surface area (Å²) in [5.74, 6) is 1.31. The lowest BCUT2D eigenvalue weighted by molar-refractivity contribution is 0.0892. The van der Waals surface area contributed by atoms with Gasteiger partial charge in [-0.15, -0.1) is 0 Å². The number of para-hydroxylation sites is 3. The van der Waals surface area contributed by atoms with E-state index in [9.17, 15) is 10.2 Å². The van der Waals surface area contributed by atoms with E-state index in [0.29, 0.717) is 12.4 Å². The highest BCUT2D eigenvalue weighted by Crippen LogP contribution is 2.21. The van der Waals surface area contributed by atoms with Crippen molar-refractivity contribution >= 4 is 11.0 Å².